The number of fused-ring (bicyclic) bond motifs is 4. The summed E-state index contributed by atoms with van der Waals surface area (Å²) in [7, 11) is 0. The standard InChI is InChI=1S/C28H32N4O2/c1-4-19-12-20-13-23-22-6-5-18(15-29)11-25(22)30-27(23)28(2,3)24(20)14-26(19)32(33)9-7-31(8-10-32)21-16-34-17-21/h5-6,11-12,14,21,30H,4,7-10,13,16-17H2,1-3H3. The van der Waals surface area contributed by atoms with Crippen molar-refractivity contribution in [2.24, 2.45) is 0 Å². The maximum absolute atomic E-state index is 14.2. The van der Waals surface area contributed by atoms with Gasteiger partial charge in [-0.25, -0.2) is 0 Å². The first-order valence-electron chi connectivity index (χ1n) is 12.5. The Morgan fingerprint density at radius 3 is 2.62 bits per heavy atom. The molecule has 6 heteroatoms. The Morgan fingerprint density at radius 2 is 1.97 bits per heavy atom. The largest absolute Gasteiger partial charge is 0.627 e. The molecule has 2 fully saturated rings. The molecule has 0 unspecified atom stereocenters. The van der Waals surface area contributed by atoms with E-state index in [1.807, 2.05) is 12.1 Å². The van der Waals surface area contributed by atoms with E-state index in [0.717, 1.165) is 50.3 Å². The second-order valence-corrected chi connectivity index (χ2v) is 10.7. The van der Waals surface area contributed by atoms with E-state index in [0.29, 0.717) is 24.7 Å². The first kappa shape index (κ1) is 21.8. The van der Waals surface area contributed by atoms with Crippen molar-refractivity contribution in [3.63, 3.8) is 0 Å². The van der Waals surface area contributed by atoms with E-state index in [2.05, 4.69) is 54.9 Å². The molecule has 2 saturated heterocycles. The number of rotatable bonds is 3. The highest BCUT2D eigenvalue weighted by atomic mass is 16.5. The van der Waals surface area contributed by atoms with Crippen LogP contribution < -0.4 is 4.65 Å². The van der Waals surface area contributed by atoms with Gasteiger partial charge in [-0.05, 0) is 41.3 Å². The molecule has 3 aromatic rings. The number of hydrogen-bond acceptors (Lipinski definition) is 4. The zero-order valence-corrected chi connectivity index (χ0v) is 20.3. The van der Waals surface area contributed by atoms with Gasteiger partial charge in [0.05, 0.1) is 44.0 Å². The average Bonchev–Trinajstić information content (AvgIpc) is 3.17. The van der Waals surface area contributed by atoms with E-state index < -0.39 is 0 Å². The molecule has 6 nitrogen and oxygen atoms in total. The van der Waals surface area contributed by atoms with Crippen molar-refractivity contribution in [3.05, 3.63) is 69.1 Å². The fraction of sp³-hybridized carbons (Fsp3) is 0.464. The zero-order valence-electron chi connectivity index (χ0n) is 20.3. The number of hydroxylamine groups is 2. The summed E-state index contributed by atoms with van der Waals surface area (Å²) in [6, 6.07) is 13.2. The summed E-state index contributed by atoms with van der Waals surface area (Å²) >= 11 is 0. The van der Waals surface area contributed by atoms with Gasteiger partial charge in [-0.15, -0.1) is 0 Å². The molecule has 6 rings (SSSR count). The van der Waals surface area contributed by atoms with E-state index in [9.17, 15) is 10.5 Å². The minimum Gasteiger partial charge on any atom is -0.627 e. The number of piperazine rings is 1. The highest BCUT2D eigenvalue weighted by Crippen LogP contribution is 2.46. The molecule has 3 aliphatic rings. The van der Waals surface area contributed by atoms with Crippen LogP contribution in [0.5, 0.6) is 0 Å². The van der Waals surface area contributed by atoms with Crippen LogP contribution in [0.1, 0.15) is 54.3 Å². The fourth-order valence-corrected chi connectivity index (χ4v) is 6.29. The van der Waals surface area contributed by atoms with Crippen molar-refractivity contribution >= 4 is 16.6 Å². The van der Waals surface area contributed by atoms with Crippen molar-refractivity contribution in [1.82, 2.24) is 14.5 Å². The Kier molecular flexibility index (Phi) is 4.91. The van der Waals surface area contributed by atoms with E-state index in [4.69, 9.17) is 4.74 Å². The number of nitrogens with zero attached hydrogens (tertiary/aromatic N) is 3. The van der Waals surface area contributed by atoms with Crippen molar-refractivity contribution < 1.29 is 4.74 Å². The zero-order chi connectivity index (χ0) is 23.7. The van der Waals surface area contributed by atoms with Crippen LogP contribution in [0.2, 0.25) is 0 Å². The lowest BCUT2D eigenvalue weighted by atomic mass is 9.71. The highest BCUT2D eigenvalue weighted by molar-refractivity contribution is 5.88. The number of nitrogens with one attached hydrogen (secondary N) is 1. The summed E-state index contributed by atoms with van der Waals surface area (Å²) < 4.78 is 5.13. The van der Waals surface area contributed by atoms with Crippen LogP contribution in [0, 0.1) is 16.5 Å². The molecule has 0 bridgehead atoms. The predicted molar refractivity (Wildman–Crippen MR) is 135 cm³/mol. The molecule has 0 amide bonds. The molecule has 176 valence electrons. The first-order valence-corrected chi connectivity index (χ1v) is 12.5. The van der Waals surface area contributed by atoms with E-state index >= 15 is 0 Å². The lowest BCUT2D eigenvalue weighted by Gasteiger charge is -2.51. The SMILES string of the molecule is CCc1cc2c(cc1[N+]1([O-])CCN(C3COC3)CC1)C(C)(C)c1[nH]c3cc(C#N)ccc3c1C2. The van der Waals surface area contributed by atoms with Crippen LogP contribution >= 0.6 is 0 Å². The van der Waals surface area contributed by atoms with Gasteiger partial charge >= 0.3 is 0 Å². The van der Waals surface area contributed by atoms with Crippen LogP contribution in [-0.2, 0) is 23.0 Å². The van der Waals surface area contributed by atoms with Gasteiger partial charge in [0.25, 0.3) is 0 Å². The molecule has 0 saturated carbocycles. The lowest BCUT2D eigenvalue weighted by molar-refractivity contribution is -0.0735. The van der Waals surface area contributed by atoms with Gasteiger partial charge in [-0.2, -0.15) is 5.26 Å². The highest BCUT2D eigenvalue weighted by Gasteiger charge is 2.39. The van der Waals surface area contributed by atoms with Crippen molar-refractivity contribution in [2.75, 3.05) is 39.4 Å². The molecule has 2 aliphatic heterocycles. The third-order valence-corrected chi connectivity index (χ3v) is 8.46. The average molecular weight is 457 g/mol. The third kappa shape index (κ3) is 3.15. The maximum atomic E-state index is 14.2. The smallest absolute Gasteiger partial charge is 0.136 e. The number of aromatic nitrogens is 1. The molecular formula is C28H32N4O2. The third-order valence-electron chi connectivity index (χ3n) is 8.46. The fourth-order valence-electron chi connectivity index (χ4n) is 6.29. The summed E-state index contributed by atoms with van der Waals surface area (Å²) in [6.07, 6.45) is 1.71. The summed E-state index contributed by atoms with van der Waals surface area (Å²) in [5.74, 6) is 0. The van der Waals surface area contributed by atoms with Crippen LogP contribution in [0.3, 0.4) is 0 Å². The summed E-state index contributed by atoms with van der Waals surface area (Å²) in [5.41, 5.74) is 8.65. The number of benzene rings is 2. The number of quaternary nitrogens is 1. The predicted octanol–water partition coefficient (Wildman–Crippen LogP) is 4.35. The van der Waals surface area contributed by atoms with Crippen LogP contribution in [0.15, 0.2) is 30.3 Å². The number of hydrogen-bond donors (Lipinski definition) is 1. The minimum atomic E-state index is -0.250. The Morgan fingerprint density at radius 1 is 1.21 bits per heavy atom. The summed E-state index contributed by atoms with van der Waals surface area (Å²) in [6.45, 7) is 11.1. The number of aryl methyl sites for hydroxylation is 1. The monoisotopic (exact) mass is 456 g/mol. The molecule has 1 N–H and O–H groups in total. The lowest BCUT2D eigenvalue weighted by Crippen LogP contribution is -2.62. The molecule has 0 radical (unpaired) electrons. The van der Waals surface area contributed by atoms with Crippen LogP contribution in [0.4, 0.5) is 5.69 Å². The van der Waals surface area contributed by atoms with E-state index in [1.54, 1.807) is 0 Å². The summed E-state index contributed by atoms with van der Waals surface area (Å²) in [4.78, 5) is 6.07. The van der Waals surface area contributed by atoms with Gasteiger partial charge in [0.2, 0.25) is 0 Å². The summed E-state index contributed by atoms with van der Waals surface area (Å²) in [5, 5.41) is 24.7. The van der Waals surface area contributed by atoms with Gasteiger partial charge in [0.1, 0.15) is 5.69 Å². The van der Waals surface area contributed by atoms with Gasteiger partial charge in [-0.1, -0.05) is 26.8 Å². The number of nitriles is 1. The van der Waals surface area contributed by atoms with Gasteiger partial charge in [0, 0.05) is 53.2 Å². The Labute approximate surface area is 200 Å². The second-order valence-electron chi connectivity index (χ2n) is 10.7. The number of H-pyrrole nitrogens is 1. The normalized spacial score (nSPS) is 21.5. The van der Waals surface area contributed by atoms with Crippen molar-refractivity contribution in [1.29, 1.82) is 5.26 Å². The maximum Gasteiger partial charge on any atom is 0.136 e. The van der Waals surface area contributed by atoms with Gasteiger partial charge < -0.3 is 19.6 Å². The molecule has 2 aromatic carbocycles. The molecule has 3 heterocycles. The van der Waals surface area contributed by atoms with Gasteiger partial charge in [-0.3, -0.25) is 4.90 Å². The molecule has 1 aliphatic carbocycles. The van der Waals surface area contributed by atoms with Crippen molar-refractivity contribution in [2.45, 2.75) is 45.1 Å². The molecular weight excluding hydrogens is 424 g/mol. The topological polar surface area (TPSA) is 75.1 Å². The molecule has 34 heavy (non-hydrogen) atoms. The first-order chi connectivity index (χ1) is 16.3. The quantitative estimate of drug-likeness (QED) is 0.470. The van der Waals surface area contributed by atoms with Crippen LogP contribution in [-0.4, -0.2) is 55.3 Å². The number of ether oxygens (including phenoxy) is 1. The Hall–Kier alpha value is -2.69. The number of aromatic amines is 1. The van der Waals surface area contributed by atoms with Crippen LogP contribution in [0.25, 0.3) is 10.9 Å². The van der Waals surface area contributed by atoms with Gasteiger partial charge in [0.15, 0.2) is 0 Å². The van der Waals surface area contributed by atoms with Crippen molar-refractivity contribution in [3.8, 4) is 6.07 Å². The molecule has 1 aromatic heterocycles. The molecule has 0 atom stereocenters. The molecule has 0 spiro atoms. The van der Waals surface area contributed by atoms with E-state index in [-0.39, 0.29) is 10.1 Å². The van der Waals surface area contributed by atoms with E-state index in [1.165, 1.54) is 33.3 Å². The Bertz CT molecular complexity index is 1320. The second kappa shape index (κ2) is 7.66. The Balaban J connectivity index is 1.41. The minimum absolute atomic E-state index is 0.234.